The van der Waals surface area contributed by atoms with Crippen molar-refractivity contribution in [3.63, 3.8) is 0 Å². The van der Waals surface area contributed by atoms with Gasteiger partial charge in [-0.15, -0.1) is 5.10 Å². The lowest BCUT2D eigenvalue weighted by Gasteiger charge is -2.18. The lowest BCUT2D eigenvalue weighted by molar-refractivity contribution is 0.406. The molecule has 1 N–H and O–H groups in total. The van der Waals surface area contributed by atoms with Gasteiger partial charge in [-0.2, -0.15) is 0 Å². The van der Waals surface area contributed by atoms with E-state index in [1.165, 1.54) is 11.5 Å². The molecule has 0 aliphatic rings. The molecular weight excluding hydrogens is 284 g/mol. The van der Waals surface area contributed by atoms with Gasteiger partial charge in [0, 0.05) is 29.4 Å². The molecule has 0 amide bonds. The minimum atomic E-state index is 0.198. The van der Waals surface area contributed by atoms with Gasteiger partial charge in [0.05, 0.1) is 24.2 Å². The molecule has 1 unspecified atom stereocenters. The Hall–Kier alpha value is -1.53. The van der Waals surface area contributed by atoms with Crippen molar-refractivity contribution in [3.05, 3.63) is 34.1 Å². The summed E-state index contributed by atoms with van der Waals surface area (Å²) in [5.74, 6) is 0.927. The van der Waals surface area contributed by atoms with E-state index in [0.29, 0.717) is 0 Å². The Kier molecular flexibility index (Phi) is 5.64. The van der Waals surface area contributed by atoms with Gasteiger partial charge in [0.25, 0.3) is 0 Å². The third kappa shape index (κ3) is 3.77. The maximum Gasteiger partial charge on any atom is 0.128 e. The second kappa shape index (κ2) is 7.47. The first-order valence-corrected chi connectivity index (χ1v) is 7.94. The van der Waals surface area contributed by atoms with Crippen LogP contribution in [-0.2, 0) is 6.42 Å². The highest BCUT2D eigenvalue weighted by molar-refractivity contribution is 7.05. The molecule has 0 aliphatic carbocycles. The van der Waals surface area contributed by atoms with Crippen LogP contribution in [0, 0.1) is 13.8 Å². The van der Waals surface area contributed by atoms with Crippen LogP contribution in [-0.4, -0.2) is 28.2 Å². The van der Waals surface area contributed by atoms with Gasteiger partial charge in [-0.1, -0.05) is 11.4 Å². The molecular formula is C15H22N4OS. The average molecular weight is 306 g/mol. The monoisotopic (exact) mass is 306 g/mol. The first-order valence-electron chi connectivity index (χ1n) is 7.17. The lowest BCUT2D eigenvalue weighted by Crippen LogP contribution is -2.24. The van der Waals surface area contributed by atoms with Crippen molar-refractivity contribution in [2.24, 2.45) is 0 Å². The normalized spacial score (nSPS) is 12.4. The van der Waals surface area contributed by atoms with E-state index in [1.807, 2.05) is 19.3 Å². The lowest BCUT2D eigenvalue weighted by atomic mass is 10.0. The molecule has 2 aromatic heterocycles. The molecule has 0 bridgehead atoms. The molecule has 0 fully saturated rings. The topological polar surface area (TPSA) is 59.9 Å². The van der Waals surface area contributed by atoms with E-state index in [9.17, 15) is 0 Å². The number of aromatic nitrogens is 3. The Labute approximate surface area is 129 Å². The van der Waals surface area contributed by atoms with Crippen molar-refractivity contribution in [2.45, 2.75) is 39.7 Å². The summed E-state index contributed by atoms with van der Waals surface area (Å²) in [6, 6.07) is 0.198. The molecule has 2 aromatic rings. The summed E-state index contributed by atoms with van der Waals surface area (Å²) in [5, 5.41) is 7.50. The van der Waals surface area contributed by atoms with Gasteiger partial charge < -0.3 is 10.1 Å². The minimum absolute atomic E-state index is 0.198. The summed E-state index contributed by atoms with van der Waals surface area (Å²) in [6.45, 7) is 7.20. The molecule has 1 atom stereocenters. The third-order valence-electron chi connectivity index (χ3n) is 3.51. The molecule has 2 heterocycles. The van der Waals surface area contributed by atoms with Crippen molar-refractivity contribution in [1.82, 2.24) is 19.9 Å². The molecule has 2 rings (SSSR count). The van der Waals surface area contributed by atoms with Crippen LogP contribution in [0.2, 0.25) is 0 Å². The van der Waals surface area contributed by atoms with Crippen LogP contribution >= 0.6 is 11.5 Å². The fourth-order valence-electron chi connectivity index (χ4n) is 2.39. The van der Waals surface area contributed by atoms with Gasteiger partial charge in [0.2, 0.25) is 0 Å². The molecule has 0 saturated carbocycles. The third-order valence-corrected chi connectivity index (χ3v) is 4.29. The van der Waals surface area contributed by atoms with E-state index < -0.39 is 0 Å². The predicted octanol–water partition coefficient (Wildman–Crippen LogP) is 2.84. The SMILES string of the molecule is CCCNC(Cc1ncc(C)c(OC)c1C)c1cnns1. The number of ether oxygens (including phenoxy) is 1. The van der Waals surface area contributed by atoms with Crippen molar-refractivity contribution < 1.29 is 4.74 Å². The van der Waals surface area contributed by atoms with Crippen molar-refractivity contribution >= 4 is 11.5 Å². The highest BCUT2D eigenvalue weighted by Gasteiger charge is 2.18. The standard InChI is InChI=1S/C15H22N4OS/c1-5-6-16-13(14-9-18-19-21-14)7-12-11(3)15(20-4)10(2)8-17-12/h8-9,13,16H,5-7H2,1-4H3. The number of aryl methyl sites for hydroxylation is 1. The number of nitrogens with one attached hydrogen (secondary N) is 1. The maximum absolute atomic E-state index is 5.49. The van der Waals surface area contributed by atoms with Gasteiger partial charge in [0.15, 0.2) is 0 Å². The van der Waals surface area contributed by atoms with Crippen molar-refractivity contribution in [2.75, 3.05) is 13.7 Å². The fraction of sp³-hybridized carbons (Fsp3) is 0.533. The van der Waals surface area contributed by atoms with E-state index in [0.717, 1.165) is 46.8 Å². The zero-order valence-electron chi connectivity index (χ0n) is 13.0. The van der Waals surface area contributed by atoms with Gasteiger partial charge in [-0.25, -0.2) is 0 Å². The van der Waals surface area contributed by atoms with Gasteiger partial charge in [-0.05, 0) is 38.3 Å². The molecule has 0 saturated heterocycles. The molecule has 0 aromatic carbocycles. The molecule has 5 nitrogen and oxygen atoms in total. The molecule has 0 radical (unpaired) electrons. The van der Waals surface area contributed by atoms with Crippen LogP contribution in [0.3, 0.4) is 0 Å². The van der Waals surface area contributed by atoms with Crippen LogP contribution in [0.1, 0.15) is 41.1 Å². The Morgan fingerprint density at radius 2 is 2.14 bits per heavy atom. The Balaban J connectivity index is 2.24. The van der Waals surface area contributed by atoms with Gasteiger partial charge in [0.1, 0.15) is 5.75 Å². The Bertz CT molecular complexity index is 571. The van der Waals surface area contributed by atoms with E-state index in [2.05, 4.69) is 33.7 Å². The number of pyridine rings is 1. The summed E-state index contributed by atoms with van der Waals surface area (Å²) in [5.41, 5.74) is 3.23. The van der Waals surface area contributed by atoms with Gasteiger partial charge in [-0.3, -0.25) is 4.98 Å². The van der Waals surface area contributed by atoms with Crippen molar-refractivity contribution in [3.8, 4) is 5.75 Å². The number of hydrogen-bond acceptors (Lipinski definition) is 6. The largest absolute Gasteiger partial charge is 0.496 e. The summed E-state index contributed by atoms with van der Waals surface area (Å²) in [4.78, 5) is 5.73. The second-order valence-electron chi connectivity index (χ2n) is 5.08. The zero-order chi connectivity index (χ0) is 15.2. The van der Waals surface area contributed by atoms with Crippen LogP contribution in [0.4, 0.5) is 0 Å². The molecule has 114 valence electrons. The van der Waals surface area contributed by atoms with Gasteiger partial charge >= 0.3 is 0 Å². The average Bonchev–Trinajstić information content (AvgIpc) is 3.00. The number of rotatable bonds is 7. The zero-order valence-corrected chi connectivity index (χ0v) is 13.8. The fourth-order valence-corrected chi connectivity index (χ4v) is 2.97. The van der Waals surface area contributed by atoms with E-state index in [4.69, 9.17) is 4.74 Å². The van der Waals surface area contributed by atoms with Crippen LogP contribution in [0.5, 0.6) is 5.75 Å². The van der Waals surface area contributed by atoms with E-state index >= 15 is 0 Å². The molecule has 0 spiro atoms. The molecule has 0 aliphatic heterocycles. The maximum atomic E-state index is 5.49. The van der Waals surface area contributed by atoms with Crippen LogP contribution in [0.25, 0.3) is 0 Å². The van der Waals surface area contributed by atoms with E-state index in [1.54, 1.807) is 7.11 Å². The number of nitrogens with zero attached hydrogens (tertiary/aromatic N) is 3. The Morgan fingerprint density at radius 1 is 1.33 bits per heavy atom. The predicted molar refractivity (Wildman–Crippen MR) is 84.9 cm³/mol. The Morgan fingerprint density at radius 3 is 2.76 bits per heavy atom. The summed E-state index contributed by atoms with van der Waals surface area (Å²) in [7, 11) is 1.71. The quantitative estimate of drug-likeness (QED) is 0.852. The highest BCUT2D eigenvalue weighted by Crippen LogP contribution is 2.27. The van der Waals surface area contributed by atoms with Crippen LogP contribution in [0.15, 0.2) is 12.4 Å². The summed E-state index contributed by atoms with van der Waals surface area (Å²) < 4.78 is 9.46. The first-order chi connectivity index (χ1) is 10.2. The minimum Gasteiger partial charge on any atom is -0.496 e. The molecule has 6 heteroatoms. The van der Waals surface area contributed by atoms with Crippen LogP contribution < -0.4 is 10.1 Å². The number of methoxy groups -OCH3 is 1. The first kappa shape index (κ1) is 15.9. The van der Waals surface area contributed by atoms with E-state index in [-0.39, 0.29) is 6.04 Å². The number of hydrogen-bond donors (Lipinski definition) is 1. The smallest absolute Gasteiger partial charge is 0.128 e. The summed E-state index contributed by atoms with van der Waals surface area (Å²) >= 11 is 1.44. The molecule has 21 heavy (non-hydrogen) atoms. The van der Waals surface area contributed by atoms with Crippen molar-refractivity contribution in [1.29, 1.82) is 0 Å². The summed E-state index contributed by atoms with van der Waals surface area (Å²) in [6.07, 6.45) is 5.61. The second-order valence-corrected chi connectivity index (χ2v) is 5.89. The highest BCUT2D eigenvalue weighted by atomic mass is 32.1.